The van der Waals surface area contributed by atoms with E-state index >= 15 is 0 Å². The predicted octanol–water partition coefficient (Wildman–Crippen LogP) is 5.12. The third-order valence-electron chi connectivity index (χ3n) is 3.63. The van der Waals surface area contributed by atoms with Gasteiger partial charge in [0.1, 0.15) is 5.75 Å². The Balaban J connectivity index is 1.78. The molecule has 2 N–H and O–H groups in total. The van der Waals surface area contributed by atoms with E-state index in [4.69, 9.17) is 12.2 Å². The Labute approximate surface area is 152 Å². The van der Waals surface area contributed by atoms with E-state index in [1.165, 1.54) is 30.5 Å². The minimum Gasteiger partial charge on any atom is -0.435 e. The molecular weight excluding hydrogens is 342 g/mol. The van der Waals surface area contributed by atoms with Crippen molar-refractivity contribution < 1.29 is 13.5 Å². The average molecular weight is 364 g/mol. The van der Waals surface area contributed by atoms with Crippen LogP contribution in [0.25, 0.3) is 0 Å². The van der Waals surface area contributed by atoms with Crippen molar-refractivity contribution in [1.29, 1.82) is 0 Å². The van der Waals surface area contributed by atoms with Crippen molar-refractivity contribution in [3.63, 3.8) is 0 Å². The molecule has 6 heteroatoms. The van der Waals surface area contributed by atoms with Crippen LogP contribution in [0.4, 0.5) is 14.5 Å². The summed E-state index contributed by atoms with van der Waals surface area (Å²) in [5.41, 5.74) is 3.16. The number of thiocarbonyl (C=S) groups is 1. The molecule has 0 aliphatic rings. The summed E-state index contributed by atoms with van der Waals surface area (Å²) in [6.07, 6.45) is 3.46. The monoisotopic (exact) mass is 364 g/mol. The van der Waals surface area contributed by atoms with E-state index in [0.29, 0.717) is 11.7 Å². The second-order valence-electron chi connectivity index (χ2n) is 5.63. The number of nitrogens with one attached hydrogen (secondary N) is 2. The van der Waals surface area contributed by atoms with Gasteiger partial charge < -0.3 is 15.4 Å². The summed E-state index contributed by atoms with van der Waals surface area (Å²) in [4.78, 5) is 0. The third kappa shape index (κ3) is 7.05. The molecule has 134 valence electrons. The van der Waals surface area contributed by atoms with Crippen LogP contribution in [0.3, 0.4) is 0 Å². The van der Waals surface area contributed by atoms with Gasteiger partial charge in [0, 0.05) is 12.2 Å². The van der Waals surface area contributed by atoms with Crippen LogP contribution in [0.15, 0.2) is 48.5 Å². The van der Waals surface area contributed by atoms with Gasteiger partial charge in [-0.25, -0.2) is 0 Å². The highest BCUT2D eigenvalue weighted by Gasteiger charge is 2.04. The van der Waals surface area contributed by atoms with E-state index in [9.17, 15) is 8.78 Å². The number of benzene rings is 2. The molecule has 0 spiro atoms. The second kappa shape index (κ2) is 9.93. The lowest BCUT2D eigenvalue weighted by Gasteiger charge is -2.11. The van der Waals surface area contributed by atoms with Gasteiger partial charge in [0.25, 0.3) is 0 Å². The molecule has 0 radical (unpaired) electrons. The summed E-state index contributed by atoms with van der Waals surface area (Å²) in [6, 6.07) is 14.7. The molecule has 2 rings (SSSR count). The van der Waals surface area contributed by atoms with Gasteiger partial charge in [0.2, 0.25) is 0 Å². The van der Waals surface area contributed by atoms with E-state index in [-0.39, 0.29) is 5.75 Å². The number of anilines is 1. The maximum Gasteiger partial charge on any atom is 0.387 e. The smallest absolute Gasteiger partial charge is 0.387 e. The van der Waals surface area contributed by atoms with E-state index < -0.39 is 6.61 Å². The molecular formula is C19H22F2N2OS. The molecule has 2 aromatic carbocycles. The molecule has 0 aromatic heterocycles. The van der Waals surface area contributed by atoms with Crippen molar-refractivity contribution >= 4 is 23.0 Å². The molecule has 0 saturated heterocycles. The van der Waals surface area contributed by atoms with Crippen LogP contribution in [0.1, 0.15) is 30.9 Å². The number of rotatable bonds is 8. The topological polar surface area (TPSA) is 33.3 Å². The first-order chi connectivity index (χ1) is 12.1. The van der Waals surface area contributed by atoms with E-state index in [1.54, 1.807) is 12.1 Å². The van der Waals surface area contributed by atoms with Crippen LogP contribution < -0.4 is 15.4 Å². The van der Waals surface area contributed by atoms with Gasteiger partial charge in [0.05, 0.1) is 0 Å². The van der Waals surface area contributed by atoms with Gasteiger partial charge in [0.15, 0.2) is 5.11 Å². The Kier molecular flexibility index (Phi) is 7.60. The van der Waals surface area contributed by atoms with Gasteiger partial charge in [-0.1, -0.05) is 37.6 Å². The van der Waals surface area contributed by atoms with E-state index in [2.05, 4.69) is 34.4 Å². The number of alkyl halides is 2. The fourth-order valence-corrected chi connectivity index (χ4v) is 2.47. The van der Waals surface area contributed by atoms with Gasteiger partial charge in [-0.2, -0.15) is 8.78 Å². The molecule has 0 bridgehead atoms. The van der Waals surface area contributed by atoms with Crippen molar-refractivity contribution in [3.05, 3.63) is 59.7 Å². The quantitative estimate of drug-likeness (QED) is 0.637. The van der Waals surface area contributed by atoms with Crippen molar-refractivity contribution in [2.75, 3.05) is 5.32 Å². The Morgan fingerprint density at radius 2 is 1.68 bits per heavy atom. The zero-order valence-corrected chi connectivity index (χ0v) is 14.9. The summed E-state index contributed by atoms with van der Waals surface area (Å²) in [5, 5.41) is 6.73. The van der Waals surface area contributed by atoms with Crippen LogP contribution in [0.5, 0.6) is 5.75 Å². The number of hydrogen-bond donors (Lipinski definition) is 2. The number of unbranched alkanes of at least 4 members (excludes halogenated alkanes) is 1. The van der Waals surface area contributed by atoms with Crippen LogP contribution in [-0.4, -0.2) is 11.7 Å². The average Bonchev–Trinajstić information content (AvgIpc) is 2.60. The lowest BCUT2D eigenvalue weighted by Crippen LogP contribution is -2.27. The number of hydrogen-bond acceptors (Lipinski definition) is 2. The zero-order chi connectivity index (χ0) is 18.1. The summed E-state index contributed by atoms with van der Waals surface area (Å²) in [6.45, 7) is -0.136. The molecule has 25 heavy (non-hydrogen) atoms. The highest BCUT2D eigenvalue weighted by atomic mass is 32.1. The normalized spacial score (nSPS) is 10.6. The van der Waals surface area contributed by atoms with Crippen molar-refractivity contribution in [2.24, 2.45) is 0 Å². The first-order valence-electron chi connectivity index (χ1n) is 8.24. The Morgan fingerprint density at radius 1 is 1.04 bits per heavy atom. The van der Waals surface area contributed by atoms with E-state index in [1.807, 2.05) is 12.1 Å². The summed E-state index contributed by atoms with van der Waals surface area (Å²) in [5.74, 6) is 0.141. The van der Waals surface area contributed by atoms with Crippen molar-refractivity contribution in [2.45, 2.75) is 39.3 Å². The molecule has 0 aliphatic carbocycles. The standard InChI is InChI=1S/C19H22F2N2OS/c1-2-3-4-14-5-9-16(10-6-14)23-19(25)22-13-15-7-11-17(12-8-15)24-18(20)21/h5-12,18H,2-4,13H2,1H3,(H2,22,23,25). The van der Waals surface area contributed by atoms with E-state index in [0.717, 1.165) is 17.7 Å². The van der Waals surface area contributed by atoms with Gasteiger partial charge in [-0.3, -0.25) is 0 Å². The van der Waals surface area contributed by atoms with Gasteiger partial charge >= 0.3 is 6.61 Å². The number of ether oxygens (including phenoxy) is 1. The summed E-state index contributed by atoms with van der Waals surface area (Å²) >= 11 is 5.27. The van der Waals surface area contributed by atoms with Gasteiger partial charge in [-0.05, 0) is 60.5 Å². The highest BCUT2D eigenvalue weighted by molar-refractivity contribution is 7.80. The fourth-order valence-electron chi connectivity index (χ4n) is 2.28. The molecule has 0 amide bonds. The lowest BCUT2D eigenvalue weighted by atomic mass is 10.1. The van der Waals surface area contributed by atoms with Crippen molar-refractivity contribution in [3.8, 4) is 5.75 Å². The largest absolute Gasteiger partial charge is 0.435 e. The van der Waals surface area contributed by atoms with Gasteiger partial charge in [-0.15, -0.1) is 0 Å². The van der Waals surface area contributed by atoms with Crippen LogP contribution >= 0.6 is 12.2 Å². The maximum atomic E-state index is 12.1. The van der Waals surface area contributed by atoms with Crippen molar-refractivity contribution in [1.82, 2.24) is 5.32 Å². The van der Waals surface area contributed by atoms with Crippen LogP contribution in [0, 0.1) is 0 Å². The first kappa shape index (κ1) is 19.1. The Bertz CT molecular complexity index is 660. The molecule has 3 nitrogen and oxygen atoms in total. The Hall–Kier alpha value is -2.21. The summed E-state index contributed by atoms with van der Waals surface area (Å²) in [7, 11) is 0. The first-order valence-corrected chi connectivity index (χ1v) is 8.65. The SMILES string of the molecule is CCCCc1ccc(NC(=S)NCc2ccc(OC(F)F)cc2)cc1. The molecule has 0 fully saturated rings. The Morgan fingerprint density at radius 3 is 2.28 bits per heavy atom. The fraction of sp³-hybridized carbons (Fsp3) is 0.316. The molecule has 0 atom stereocenters. The van der Waals surface area contributed by atoms with Crippen LogP contribution in [0.2, 0.25) is 0 Å². The molecule has 0 aliphatic heterocycles. The predicted molar refractivity (Wildman–Crippen MR) is 101 cm³/mol. The molecule has 2 aromatic rings. The highest BCUT2D eigenvalue weighted by Crippen LogP contribution is 2.15. The minimum absolute atomic E-state index is 0.141. The molecule has 0 saturated carbocycles. The number of aryl methyl sites for hydroxylation is 1. The third-order valence-corrected chi connectivity index (χ3v) is 3.88. The van der Waals surface area contributed by atoms with Crippen LogP contribution in [-0.2, 0) is 13.0 Å². The molecule has 0 heterocycles. The molecule has 0 unspecified atom stereocenters. The zero-order valence-electron chi connectivity index (χ0n) is 14.1. The maximum absolute atomic E-state index is 12.1. The second-order valence-corrected chi connectivity index (χ2v) is 6.04. The summed E-state index contributed by atoms with van der Waals surface area (Å²) < 4.78 is 28.5. The lowest BCUT2D eigenvalue weighted by molar-refractivity contribution is -0.0498. The number of halogens is 2. The minimum atomic E-state index is -2.81.